The van der Waals surface area contributed by atoms with Crippen molar-refractivity contribution in [2.24, 2.45) is 5.41 Å². The van der Waals surface area contributed by atoms with Crippen LogP contribution in [0.1, 0.15) is 35.9 Å². The third-order valence-corrected chi connectivity index (χ3v) is 4.16. The maximum absolute atomic E-state index is 11.7. The Labute approximate surface area is 93.7 Å². The highest BCUT2D eigenvalue weighted by molar-refractivity contribution is 7.12. The number of nitrogens with one attached hydrogen (secondary N) is 1. The fourth-order valence-corrected chi connectivity index (χ4v) is 2.42. The zero-order chi connectivity index (χ0) is 10.9. The van der Waals surface area contributed by atoms with Crippen LogP contribution in [0.4, 0.5) is 5.69 Å². The fourth-order valence-electron chi connectivity index (χ4n) is 1.68. The van der Waals surface area contributed by atoms with Gasteiger partial charge in [0.05, 0.1) is 5.69 Å². The van der Waals surface area contributed by atoms with E-state index in [9.17, 15) is 4.79 Å². The van der Waals surface area contributed by atoms with E-state index in [1.54, 1.807) is 6.07 Å². The van der Waals surface area contributed by atoms with E-state index in [2.05, 4.69) is 12.2 Å². The topological polar surface area (TPSA) is 55.1 Å². The Morgan fingerprint density at radius 2 is 2.40 bits per heavy atom. The number of anilines is 1. The molecule has 0 unspecified atom stereocenters. The van der Waals surface area contributed by atoms with E-state index < -0.39 is 0 Å². The molecule has 1 heterocycles. The van der Waals surface area contributed by atoms with Crippen molar-refractivity contribution in [3.8, 4) is 0 Å². The Bertz CT molecular complexity index is 368. The molecule has 1 amide bonds. The number of hydrogen-bond donors (Lipinski definition) is 2. The van der Waals surface area contributed by atoms with Crippen molar-refractivity contribution in [3.63, 3.8) is 0 Å². The minimum absolute atomic E-state index is 0.0257. The van der Waals surface area contributed by atoms with E-state index in [4.69, 9.17) is 5.73 Å². The molecule has 1 saturated carbocycles. The van der Waals surface area contributed by atoms with Crippen molar-refractivity contribution < 1.29 is 4.79 Å². The molecule has 0 bridgehead atoms. The lowest BCUT2D eigenvalue weighted by Gasteiger charge is -2.12. The van der Waals surface area contributed by atoms with Gasteiger partial charge < -0.3 is 11.1 Å². The lowest BCUT2D eigenvalue weighted by atomic mass is 10.0. The number of nitrogen functional groups attached to an aromatic ring is 1. The van der Waals surface area contributed by atoms with Gasteiger partial charge in [0, 0.05) is 6.54 Å². The van der Waals surface area contributed by atoms with E-state index in [1.165, 1.54) is 24.2 Å². The summed E-state index contributed by atoms with van der Waals surface area (Å²) in [5.74, 6) is -0.0257. The third-order valence-electron chi connectivity index (χ3n) is 3.23. The number of thiophene rings is 1. The maximum atomic E-state index is 11.7. The van der Waals surface area contributed by atoms with Crippen molar-refractivity contribution in [1.29, 1.82) is 0 Å². The van der Waals surface area contributed by atoms with Crippen molar-refractivity contribution in [2.75, 3.05) is 12.3 Å². The summed E-state index contributed by atoms with van der Waals surface area (Å²) in [4.78, 5) is 12.4. The highest BCUT2D eigenvalue weighted by atomic mass is 32.1. The Morgan fingerprint density at radius 3 is 2.87 bits per heavy atom. The van der Waals surface area contributed by atoms with E-state index >= 15 is 0 Å². The summed E-state index contributed by atoms with van der Waals surface area (Å²) in [7, 11) is 0. The molecule has 1 aromatic rings. The summed E-state index contributed by atoms with van der Waals surface area (Å²) in [5.41, 5.74) is 6.65. The normalized spacial score (nSPS) is 17.4. The van der Waals surface area contributed by atoms with Gasteiger partial charge in [-0.15, -0.1) is 11.3 Å². The monoisotopic (exact) mass is 224 g/mol. The van der Waals surface area contributed by atoms with Crippen molar-refractivity contribution in [2.45, 2.75) is 26.2 Å². The molecule has 0 atom stereocenters. The van der Waals surface area contributed by atoms with Crippen molar-refractivity contribution >= 4 is 22.9 Å². The van der Waals surface area contributed by atoms with Gasteiger partial charge in [-0.05, 0) is 36.1 Å². The van der Waals surface area contributed by atoms with Crippen LogP contribution in [-0.2, 0) is 0 Å². The van der Waals surface area contributed by atoms with Crippen molar-refractivity contribution in [1.82, 2.24) is 5.32 Å². The summed E-state index contributed by atoms with van der Waals surface area (Å²) < 4.78 is 0. The highest BCUT2D eigenvalue weighted by Crippen LogP contribution is 2.47. The standard InChI is InChI=1S/C11H16N2OS/c1-2-11(4-5-11)7-13-10(14)9-8(12)3-6-15-9/h3,6H,2,4-5,7,12H2,1H3,(H,13,14). The lowest BCUT2D eigenvalue weighted by Crippen LogP contribution is -2.29. The summed E-state index contributed by atoms with van der Waals surface area (Å²) in [6.45, 7) is 2.97. The second-order valence-electron chi connectivity index (χ2n) is 4.24. The lowest BCUT2D eigenvalue weighted by molar-refractivity contribution is 0.0949. The van der Waals surface area contributed by atoms with Crippen LogP contribution in [0.15, 0.2) is 11.4 Å². The summed E-state index contributed by atoms with van der Waals surface area (Å²) in [6, 6.07) is 1.77. The van der Waals surface area contributed by atoms with E-state index in [1.807, 2.05) is 5.38 Å². The molecule has 82 valence electrons. The van der Waals surface area contributed by atoms with Gasteiger partial charge in [-0.1, -0.05) is 6.92 Å². The Morgan fingerprint density at radius 1 is 1.67 bits per heavy atom. The molecule has 0 spiro atoms. The minimum atomic E-state index is -0.0257. The quantitative estimate of drug-likeness (QED) is 0.824. The molecule has 0 radical (unpaired) electrons. The van der Waals surface area contributed by atoms with Crippen LogP contribution < -0.4 is 11.1 Å². The smallest absolute Gasteiger partial charge is 0.263 e. The molecule has 3 N–H and O–H groups in total. The van der Waals surface area contributed by atoms with Gasteiger partial charge in [-0.25, -0.2) is 0 Å². The molecule has 0 aromatic carbocycles. The largest absolute Gasteiger partial charge is 0.397 e. The molecular weight excluding hydrogens is 208 g/mol. The van der Waals surface area contributed by atoms with Crippen LogP contribution in [0.5, 0.6) is 0 Å². The second-order valence-corrected chi connectivity index (χ2v) is 5.16. The van der Waals surface area contributed by atoms with E-state index in [-0.39, 0.29) is 5.91 Å². The third kappa shape index (κ3) is 2.15. The van der Waals surface area contributed by atoms with Gasteiger partial charge in [0.15, 0.2) is 0 Å². The number of rotatable bonds is 4. The first-order valence-corrected chi connectivity index (χ1v) is 6.16. The number of amides is 1. The second kappa shape index (κ2) is 3.85. The van der Waals surface area contributed by atoms with E-state index in [0.717, 1.165) is 13.0 Å². The molecule has 0 saturated heterocycles. The zero-order valence-electron chi connectivity index (χ0n) is 8.88. The highest BCUT2D eigenvalue weighted by Gasteiger charge is 2.40. The van der Waals surface area contributed by atoms with Crippen LogP contribution in [-0.4, -0.2) is 12.5 Å². The maximum Gasteiger partial charge on any atom is 0.263 e. The average molecular weight is 224 g/mol. The molecule has 4 heteroatoms. The Hall–Kier alpha value is -1.03. The molecule has 3 nitrogen and oxygen atoms in total. The van der Waals surface area contributed by atoms with Gasteiger partial charge in [-0.3, -0.25) is 4.79 Å². The number of hydrogen-bond acceptors (Lipinski definition) is 3. The van der Waals surface area contributed by atoms with Gasteiger partial charge in [0.1, 0.15) is 4.88 Å². The van der Waals surface area contributed by atoms with Gasteiger partial charge in [0.25, 0.3) is 5.91 Å². The predicted octanol–water partition coefficient (Wildman–Crippen LogP) is 2.25. The Kier molecular flexibility index (Phi) is 2.69. The molecule has 1 aliphatic rings. The molecule has 1 fully saturated rings. The van der Waals surface area contributed by atoms with Crippen LogP contribution in [0.25, 0.3) is 0 Å². The van der Waals surface area contributed by atoms with Gasteiger partial charge >= 0.3 is 0 Å². The molecule has 0 aliphatic heterocycles. The SMILES string of the molecule is CCC1(CNC(=O)c2sccc2N)CC1. The molecule has 1 aromatic heterocycles. The van der Waals surface area contributed by atoms with Gasteiger partial charge in [-0.2, -0.15) is 0 Å². The minimum Gasteiger partial charge on any atom is -0.397 e. The zero-order valence-corrected chi connectivity index (χ0v) is 9.69. The first kappa shape index (κ1) is 10.5. The molecular formula is C11H16N2OS. The predicted molar refractivity (Wildman–Crippen MR) is 63.0 cm³/mol. The number of nitrogens with two attached hydrogens (primary N) is 1. The van der Waals surface area contributed by atoms with Gasteiger partial charge in [0.2, 0.25) is 0 Å². The summed E-state index contributed by atoms with van der Waals surface area (Å²) in [5, 5.41) is 4.82. The number of carbonyl (C=O) groups excluding carboxylic acids is 1. The molecule has 15 heavy (non-hydrogen) atoms. The molecule has 1 aliphatic carbocycles. The van der Waals surface area contributed by atoms with Crippen LogP contribution >= 0.6 is 11.3 Å². The Balaban J connectivity index is 1.91. The summed E-state index contributed by atoms with van der Waals surface area (Å²) >= 11 is 1.40. The summed E-state index contributed by atoms with van der Waals surface area (Å²) in [6.07, 6.45) is 3.63. The van der Waals surface area contributed by atoms with Crippen LogP contribution in [0.2, 0.25) is 0 Å². The van der Waals surface area contributed by atoms with Crippen LogP contribution in [0, 0.1) is 5.41 Å². The first-order chi connectivity index (χ1) is 7.17. The average Bonchev–Trinajstić information content (AvgIpc) is 2.91. The first-order valence-electron chi connectivity index (χ1n) is 5.28. The van der Waals surface area contributed by atoms with Crippen molar-refractivity contribution in [3.05, 3.63) is 16.3 Å². The number of carbonyl (C=O) groups is 1. The van der Waals surface area contributed by atoms with Crippen LogP contribution in [0.3, 0.4) is 0 Å². The molecule has 2 rings (SSSR count). The fraction of sp³-hybridized carbons (Fsp3) is 0.545. The van der Waals surface area contributed by atoms with E-state index in [0.29, 0.717) is 16.0 Å².